The zero-order valence-electron chi connectivity index (χ0n) is 40.1. The Morgan fingerprint density at radius 3 is 1.72 bits per heavy atom. The van der Waals surface area contributed by atoms with Gasteiger partial charge in [-0.3, -0.25) is 29.0 Å². The van der Waals surface area contributed by atoms with Gasteiger partial charge < -0.3 is 23.3 Å². The average Bonchev–Trinajstić information content (AvgIpc) is 3.90. The number of aliphatic hydroxyl groups is 1. The van der Waals surface area contributed by atoms with Gasteiger partial charge >= 0.3 is 0 Å². The molecule has 6 atom stereocenters. The number of ketones is 4. The summed E-state index contributed by atoms with van der Waals surface area (Å²) in [5, 5.41) is 19.3. The van der Waals surface area contributed by atoms with Gasteiger partial charge in [0.05, 0.1) is 33.2 Å². The largest absolute Gasteiger partial charge is 0.470 e. The molecule has 0 saturated carbocycles. The van der Waals surface area contributed by atoms with Crippen molar-refractivity contribution in [2.45, 2.75) is 98.4 Å². The Labute approximate surface area is 406 Å². The maximum atomic E-state index is 14.9. The molecule has 2 aromatic heterocycles. The minimum atomic E-state index is -2.66. The number of nitrogens with zero attached hydrogens (tertiary/aromatic N) is 4. The van der Waals surface area contributed by atoms with E-state index in [0.29, 0.717) is 39.9 Å². The number of thioether (sulfide) groups is 2. The number of carbonyl (C=O) groups excluding carboxylic acids is 4. The fraction of sp³-hybridized carbons (Fsp3) is 0.385. The van der Waals surface area contributed by atoms with E-state index < -0.39 is 60.8 Å². The second-order valence-electron chi connectivity index (χ2n) is 19.7. The number of aromatic nitrogens is 2. The molecule has 0 aliphatic heterocycles. The van der Waals surface area contributed by atoms with Crippen LogP contribution in [-0.4, -0.2) is 96.1 Å². The van der Waals surface area contributed by atoms with E-state index in [-0.39, 0.29) is 34.4 Å². The molecular formula is C52H58N4O9S2Si. The molecule has 3 aromatic carbocycles. The highest BCUT2D eigenvalue weighted by Crippen LogP contribution is 2.56. The quantitative estimate of drug-likeness (QED) is 0.0981. The van der Waals surface area contributed by atoms with E-state index in [1.165, 1.54) is 23.5 Å². The number of hydrogen-bond acceptors (Lipinski definition) is 15. The SMILES string of the molecule is CN(C)[C@@H]1c2onc(OCc3ccccc3)c2C(=O)[C@@]2(O[Si](C)(C)C(C)(C)C)C(=O)C(Sc3ccccc3)=CC[C@@H]12.Cc1noc2c1C(=O)[C@@]1(O)C(=O)C(Sc3ccccc3)=CC[C@H]1[C@@H]2N(C)C. The van der Waals surface area contributed by atoms with Crippen LogP contribution in [0.2, 0.25) is 18.1 Å². The molecule has 0 fully saturated rings. The van der Waals surface area contributed by atoms with Crippen LogP contribution in [-0.2, 0) is 20.6 Å². The summed E-state index contributed by atoms with van der Waals surface area (Å²) in [6.07, 6.45) is 4.64. The van der Waals surface area contributed by atoms with Crippen LogP contribution in [0.4, 0.5) is 0 Å². The van der Waals surface area contributed by atoms with Crippen molar-refractivity contribution < 1.29 is 42.5 Å². The van der Waals surface area contributed by atoms with E-state index in [1.807, 2.05) is 141 Å². The van der Waals surface area contributed by atoms with Gasteiger partial charge in [0.1, 0.15) is 12.2 Å². The van der Waals surface area contributed by atoms with E-state index in [2.05, 4.69) is 44.2 Å². The van der Waals surface area contributed by atoms with Crippen molar-refractivity contribution in [1.29, 1.82) is 0 Å². The van der Waals surface area contributed by atoms with Gasteiger partial charge in [-0.2, -0.15) is 0 Å². The van der Waals surface area contributed by atoms with Crippen molar-refractivity contribution >= 4 is 55.0 Å². The Balaban J connectivity index is 0.000000200. The van der Waals surface area contributed by atoms with Crippen molar-refractivity contribution in [2.75, 3.05) is 28.2 Å². The van der Waals surface area contributed by atoms with Gasteiger partial charge in [0.15, 0.2) is 31.0 Å². The number of rotatable bonds is 11. The minimum Gasteiger partial charge on any atom is -0.470 e. The monoisotopic (exact) mass is 974 g/mol. The Kier molecular flexibility index (Phi) is 13.7. The van der Waals surface area contributed by atoms with Gasteiger partial charge in [0.2, 0.25) is 23.1 Å². The summed E-state index contributed by atoms with van der Waals surface area (Å²) in [4.78, 5) is 62.7. The number of ether oxygens (including phenoxy) is 1. The van der Waals surface area contributed by atoms with Crippen LogP contribution in [0.25, 0.3) is 0 Å². The molecule has 5 aromatic rings. The Morgan fingerprint density at radius 1 is 0.691 bits per heavy atom. The molecule has 356 valence electrons. The first-order chi connectivity index (χ1) is 32.2. The predicted molar refractivity (Wildman–Crippen MR) is 263 cm³/mol. The summed E-state index contributed by atoms with van der Waals surface area (Å²) in [7, 11) is 4.87. The second-order valence-corrected chi connectivity index (χ2v) is 26.6. The van der Waals surface area contributed by atoms with Gasteiger partial charge in [-0.05, 0) is 101 Å². The molecule has 9 rings (SSSR count). The van der Waals surface area contributed by atoms with Gasteiger partial charge in [-0.25, -0.2) is 0 Å². The summed E-state index contributed by atoms with van der Waals surface area (Å²) in [5.74, 6) is -2.04. The smallest absolute Gasteiger partial charge is 0.265 e. The predicted octanol–water partition coefficient (Wildman–Crippen LogP) is 9.86. The van der Waals surface area contributed by atoms with Gasteiger partial charge in [-0.15, -0.1) is 0 Å². The number of fused-ring (bicyclic) bond motifs is 4. The molecule has 16 heteroatoms. The van der Waals surface area contributed by atoms with Crippen molar-refractivity contribution in [3.63, 3.8) is 0 Å². The maximum absolute atomic E-state index is 14.9. The van der Waals surface area contributed by atoms with Gasteiger partial charge in [0.25, 0.3) is 5.88 Å². The highest BCUT2D eigenvalue weighted by Gasteiger charge is 2.67. The lowest BCUT2D eigenvalue weighted by molar-refractivity contribution is -0.137. The molecule has 0 bridgehead atoms. The number of aryl methyl sites for hydroxylation is 1. The first-order valence-corrected chi connectivity index (χ1v) is 27.2. The molecule has 68 heavy (non-hydrogen) atoms. The van der Waals surface area contributed by atoms with E-state index >= 15 is 0 Å². The molecule has 4 aliphatic carbocycles. The van der Waals surface area contributed by atoms with Crippen LogP contribution >= 0.6 is 23.5 Å². The average molecular weight is 975 g/mol. The van der Waals surface area contributed by atoms with Crippen LogP contribution < -0.4 is 4.74 Å². The van der Waals surface area contributed by atoms with Gasteiger partial charge in [0, 0.05) is 21.6 Å². The summed E-state index contributed by atoms with van der Waals surface area (Å²) < 4.78 is 24.4. The highest BCUT2D eigenvalue weighted by molar-refractivity contribution is 8.04. The van der Waals surface area contributed by atoms with Crippen molar-refractivity contribution in [2.24, 2.45) is 11.8 Å². The number of Topliss-reactive ketones (excluding diaryl/α,β-unsaturated/α-hetero) is 4. The molecule has 4 aliphatic rings. The van der Waals surface area contributed by atoms with Crippen LogP contribution in [0.1, 0.15) is 89.2 Å². The third-order valence-corrected chi connectivity index (χ3v) is 20.4. The van der Waals surface area contributed by atoms with Crippen LogP contribution in [0.3, 0.4) is 0 Å². The van der Waals surface area contributed by atoms with Crippen molar-refractivity contribution in [1.82, 2.24) is 20.1 Å². The van der Waals surface area contributed by atoms with Crippen LogP contribution in [0, 0.1) is 18.8 Å². The molecule has 2 heterocycles. The lowest BCUT2D eigenvalue weighted by Crippen LogP contribution is -2.66. The highest BCUT2D eigenvalue weighted by atomic mass is 32.2. The fourth-order valence-corrected chi connectivity index (χ4v) is 12.8. The number of carbonyl (C=O) groups is 4. The lowest BCUT2D eigenvalue weighted by Gasteiger charge is -2.52. The van der Waals surface area contributed by atoms with E-state index in [9.17, 15) is 24.3 Å². The second kappa shape index (κ2) is 18.9. The van der Waals surface area contributed by atoms with E-state index in [1.54, 1.807) is 6.92 Å². The minimum absolute atomic E-state index is 0.0944. The molecule has 0 amide bonds. The molecule has 0 spiro atoms. The van der Waals surface area contributed by atoms with Crippen LogP contribution in [0.15, 0.2) is 132 Å². The number of hydrogen-bond donors (Lipinski definition) is 1. The third kappa shape index (κ3) is 8.62. The number of allylic oxidation sites excluding steroid dienone is 2. The summed E-state index contributed by atoms with van der Waals surface area (Å²) in [6, 6.07) is 28.0. The standard InChI is InChI=1S/C32H38N2O5SSi.C20H20N2O4S/c1-31(2,3)41(6,7)39-32-23(18-19-24(28(32)35)40-22-16-12-9-13-17-22)26(34(4)5)27-25(29(32)36)30(33-38-27)37-20-21-14-10-8-11-15-21;1-11-15-17(26-21-11)16(22(2)3)13-9-10-14(18(23)20(13,25)19(15)24)27-12-7-5-4-6-8-12/h8-17,19,23,26H,18,20H2,1-7H3;4-8,10,13,16,25H,9H2,1-3H3/t23-,26-,32-;13-,16-,20-/m00/s1. The summed E-state index contributed by atoms with van der Waals surface area (Å²) in [5.41, 5.74) is -2.08. The third-order valence-electron chi connectivity index (χ3n) is 13.8. The lowest BCUT2D eigenvalue weighted by atomic mass is 9.65. The van der Waals surface area contributed by atoms with Gasteiger partial charge in [-0.1, -0.05) is 128 Å². The first kappa shape index (κ1) is 49.2. The zero-order chi connectivity index (χ0) is 48.9. The van der Waals surface area contributed by atoms with Crippen LogP contribution in [0.5, 0.6) is 5.88 Å². The maximum Gasteiger partial charge on any atom is 0.265 e. The molecule has 0 unspecified atom stereocenters. The molecule has 0 saturated heterocycles. The topological polar surface area (TPSA) is 166 Å². The molecular weight excluding hydrogens is 917 g/mol. The van der Waals surface area contributed by atoms with E-state index in [0.717, 1.165) is 15.4 Å². The molecule has 13 nitrogen and oxygen atoms in total. The Morgan fingerprint density at radius 2 is 1.18 bits per heavy atom. The Hall–Kier alpha value is -5.20. The zero-order valence-corrected chi connectivity index (χ0v) is 42.7. The summed E-state index contributed by atoms with van der Waals surface area (Å²) in [6.45, 7) is 12.4. The van der Waals surface area contributed by atoms with Crippen molar-refractivity contribution in [3.8, 4) is 5.88 Å². The number of benzene rings is 3. The fourth-order valence-electron chi connectivity index (χ4n) is 9.40. The first-order valence-electron chi connectivity index (χ1n) is 22.7. The Bertz CT molecular complexity index is 2780. The molecule has 0 radical (unpaired) electrons. The normalized spacial score (nSPS) is 24.6. The summed E-state index contributed by atoms with van der Waals surface area (Å²) >= 11 is 2.65. The molecule has 1 N–H and O–H groups in total. The van der Waals surface area contributed by atoms with Crippen molar-refractivity contribution in [3.05, 3.63) is 147 Å². The van der Waals surface area contributed by atoms with E-state index in [4.69, 9.17) is 18.2 Å².